The van der Waals surface area contributed by atoms with Crippen LogP contribution >= 0.6 is 0 Å². The van der Waals surface area contributed by atoms with E-state index in [0.29, 0.717) is 0 Å². The normalized spacial score (nSPS) is 14.1. The van der Waals surface area contributed by atoms with Crippen molar-refractivity contribution >= 4 is 5.97 Å². The Morgan fingerprint density at radius 1 is 1.20 bits per heavy atom. The van der Waals surface area contributed by atoms with E-state index in [-0.39, 0.29) is 11.4 Å². The molecule has 0 bridgehead atoms. The number of aryl methyl sites for hydroxylation is 1. The molecule has 5 nitrogen and oxygen atoms in total. The van der Waals surface area contributed by atoms with Gasteiger partial charge >= 0.3 is 5.97 Å². The van der Waals surface area contributed by atoms with E-state index in [1.807, 2.05) is 0 Å². The molecule has 1 N–H and O–H groups in total. The smallest absolute Gasteiger partial charge is 0.360 e. The van der Waals surface area contributed by atoms with Crippen LogP contribution in [0.2, 0.25) is 0 Å². The number of methoxy groups -OCH3 is 1. The fraction of sp³-hybridized carbons (Fsp3) is 0.400. The third kappa shape index (κ3) is 4.37. The van der Waals surface area contributed by atoms with Crippen molar-refractivity contribution in [3.05, 3.63) is 58.9 Å². The van der Waals surface area contributed by atoms with Crippen LogP contribution in [-0.4, -0.2) is 41.2 Å². The van der Waals surface area contributed by atoms with Gasteiger partial charge in [0, 0.05) is 18.8 Å². The van der Waals surface area contributed by atoms with E-state index >= 15 is 0 Å². The Morgan fingerprint density at radius 2 is 2.00 bits per heavy atom. The summed E-state index contributed by atoms with van der Waals surface area (Å²) < 4.78 is 4.64. The number of nitrogens with zero attached hydrogens (tertiary/aromatic N) is 2. The van der Waals surface area contributed by atoms with Gasteiger partial charge in [-0.25, -0.2) is 9.78 Å². The molecule has 5 heteroatoms. The van der Waals surface area contributed by atoms with Gasteiger partial charge < -0.3 is 9.84 Å². The van der Waals surface area contributed by atoms with Crippen molar-refractivity contribution in [2.75, 3.05) is 20.2 Å². The molecule has 2 aromatic rings. The van der Waals surface area contributed by atoms with Crippen LogP contribution < -0.4 is 0 Å². The largest absolute Gasteiger partial charge is 0.505 e. The average Bonchev–Trinajstić information content (AvgIpc) is 2.65. The molecule has 25 heavy (non-hydrogen) atoms. The first-order valence-corrected chi connectivity index (χ1v) is 8.73. The Labute approximate surface area is 148 Å². The van der Waals surface area contributed by atoms with Gasteiger partial charge in [0.05, 0.1) is 7.11 Å². The lowest BCUT2D eigenvalue weighted by Gasteiger charge is -2.28. The molecule has 0 aliphatic carbocycles. The molecule has 0 saturated heterocycles. The number of benzene rings is 1. The minimum absolute atomic E-state index is 0.00682. The predicted octanol–water partition coefficient (Wildman–Crippen LogP) is 2.95. The van der Waals surface area contributed by atoms with E-state index < -0.39 is 5.97 Å². The number of carbonyl (C=O) groups is 1. The second-order valence-electron chi connectivity index (χ2n) is 6.41. The standard InChI is InChI=1S/C20H24N2O3/c1-25-20(24)19-18(23)10-9-17(21-19)8-4-5-12-22-13-11-15-6-2-3-7-16(15)14-22/h2-3,6-7,9-10,23H,4-5,8,11-14H2,1H3. The lowest BCUT2D eigenvalue weighted by molar-refractivity contribution is 0.0590. The Morgan fingerprint density at radius 3 is 2.80 bits per heavy atom. The second kappa shape index (κ2) is 8.12. The van der Waals surface area contributed by atoms with E-state index in [1.165, 1.54) is 24.3 Å². The molecule has 1 aromatic heterocycles. The first kappa shape index (κ1) is 17.4. The summed E-state index contributed by atoms with van der Waals surface area (Å²) in [7, 11) is 1.28. The molecule has 1 aliphatic heterocycles. The van der Waals surface area contributed by atoms with E-state index in [1.54, 1.807) is 6.07 Å². The van der Waals surface area contributed by atoms with Gasteiger partial charge in [0.15, 0.2) is 5.69 Å². The summed E-state index contributed by atoms with van der Waals surface area (Å²) in [5.41, 5.74) is 3.72. The number of aromatic hydroxyl groups is 1. The van der Waals surface area contributed by atoms with Crippen molar-refractivity contribution in [3.8, 4) is 5.75 Å². The molecule has 1 aliphatic rings. The second-order valence-corrected chi connectivity index (χ2v) is 6.41. The van der Waals surface area contributed by atoms with Crippen LogP contribution in [0.4, 0.5) is 0 Å². The molecule has 132 valence electrons. The Kier molecular flexibility index (Phi) is 5.66. The number of hydrogen-bond acceptors (Lipinski definition) is 5. The lowest BCUT2D eigenvalue weighted by atomic mass is 10.00. The minimum atomic E-state index is -0.605. The number of pyridine rings is 1. The summed E-state index contributed by atoms with van der Waals surface area (Å²) in [5, 5.41) is 9.69. The molecular weight excluding hydrogens is 316 g/mol. The van der Waals surface area contributed by atoms with Gasteiger partial charge in [0.2, 0.25) is 0 Å². The molecule has 0 spiro atoms. The maximum Gasteiger partial charge on any atom is 0.360 e. The highest BCUT2D eigenvalue weighted by Crippen LogP contribution is 2.19. The van der Waals surface area contributed by atoms with Gasteiger partial charge in [0.25, 0.3) is 0 Å². The number of carbonyl (C=O) groups excluding carboxylic acids is 1. The summed E-state index contributed by atoms with van der Waals surface area (Å²) in [5.74, 6) is -0.742. The van der Waals surface area contributed by atoms with Crippen LogP contribution in [0.3, 0.4) is 0 Å². The maximum absolute atomic E-state index is 11.6. The van der Waals surface area contributed by atoms with Gasteiger partial charge in [-0.15, -0.1) is 0 Å². The molecule has 0 radical (unpaired) electrons. The molecule has 3 rings (SSSR count). The van der Waals surface area contributed by atoms with Gasteiger partial charge in [-0.2, -0.15) is 0 Å². The number of aromatic nitrogens is 1. The van der Waals surface area contributed by atoms with Gasteiger partial charge in [0.1, 0.15) is 5.75 Å². The summed E-state index contributed by atoms with van der Waals surface area (Å²) >= 11 is 0. The fourth-order valence-electron chi connectivity index (χ4n) is 3.26. The molecule has 2 heterocycles. The zero-order valence-corrected chi connectivity index (χ0v) is 14.6. The van der Waals surface area contributed by atoms with E-state index in [4.69, 9.17) is 0 Å². The first-order valence-electron chi connectivity index (χ1n) is 8.73. The number of rotatable bonds is 6. The van der Waals surface area contributed by atoms with Gasteiger partial charge in [-0.3, -0.25) is 4.90 Å². The predicted molar refractivity (Wildman–Crippen MR) is 95.6 cm³/mol. The summed E-state index contributed by atoms with van der Waals surface area (Å²) in [6.07, 6.45) is 3.99. The Balaban J connectivity index is 1.47. The highest BCUT2D eigenvalue weighted by molar-refractivity contribution is 5.90. The van der Waals surface area contributed by atoms with Crippen molar-refractivity contribution in [1.29, 1.82) is 0 Å². The number of unbranched alkanes of at least 4 members (excludes halogenated alkanes) is 1. The third-order valence-electron chi connectivity index (χ3n) is 4.68. The van der Waals surface area contributed by atoms with Crippen LogP contribution in [0.1, 0.15) is 40.2 Å². The highest BCUT2D eigenvalue weighted by Gasteiger charge is 2.16. The van der Waals surface area contributed by atoms with Crippen LogP contribution in [0.25, 0.3) is 0 Å². The quantitative estimate of drug-likeness (QED) is 0.647. The molecule has 0 atom stereocenters. The van der Waals surface area contributed by atoms with Crippen LogP contribution in [0, 0.1) is 0 Å². The monoisotopic (exact) mass is 340 g/mol. The van der Waals surface area contributed by atoms with E-state index in [2.05, 4.69) is 38.9 Å². The summed E-state index contributed by atoms with van der Waals surface area (Å²) in [6.45, 7) is 3.21. The number of fused-ring (bicyclic) bond motifs is 1. The lowest BCUT2D eigenvalue weighted by Crippen LogP contribution is -2.31. The third-order valence-corrected chi connectivity index (χ3v) is 4.68. The average molecular weight is 340 g/mol. The zero-order valence-electron chi connectivity index (χ0n) is 14.6. The number of hydrogen-bond donors (Lipinski definition) is 1. The Bertz CT molecular complexity index is 745. The number of ether oxygens (including phenoxy) is 1. The number of esters is 1. The zero-order chi connectivity index (χ0) is 17.6. The SMILES string of the molecule is COC(=O)c1nc(CCCCN2CCc3ccccc3C2)ccc1O. The molecule has 0 saturated carbocycles. The summed E-state index contributed by atoms with van der Waals surface area (Å²) in [6, 6.07) is 11.9. The van der Waals surface area contributed by atoms with Crippen molar-refractivity contribution in [2.24, 2.45) is 0 Å². The van der Waals surface area contributed by atoms with Crippen molar-refractivity contribution in [2.45, 2.75) is 32.2 Å². The van der Waals surface area contributed by atoms with Crippen molar-refractivity contribution in [1.82, 2.24) is 9.88 Å². The van der Waals surface area contributed by atoms with Crippen molar-refractivity contribution < 1.29 is 14.6 Å². The van der Waals surface area contributed by atoms with Crippen LogP contribution in [0.5, 0.6) is 5.75 Å². The van der Waals surface area contributed by atoms with Gasteiger partial charge in [-0.05, 0) is 55.5 Å². The first-order chi connectivity index (χ1) is 12.2. The van der Waals surface area contributed by atoms with Crippen LogP contribution in [-0.2, 0) is 24.1 Å². The molecule has 1 aromatic carbocycles. The molecule has 0 fully saturated rings. The molecule has 0 amide bonds. The van der Waals surface area contributed by atoms with Crippen LogP contribution in [0.15, 0.2) is 36.4 Å². The van der Waals surface area contributed by atoms with Gasteiger partial charge in [-0.1, -0.05) is 24.3 Å². The van der Waals surface area contributed by atoms with E-state index in [0.717, 1.165) is 51.0 Å². The van der Waals surface area contributed by atoms with Crippen molar-refractivity contribution in [3.63, 3.8) is 0 Å². The Hall–Kier alpha value is -2.40. The maximum atomic E-state index is 11.6. The topological polar surface area (TPSA) is 62.7 Å². The molecular formula is C20H24N2O3. The minimum Gasteiger partial charge on any atom is -0.505 e. The highest BCUT2D eigenvalue weighted by atomic mass is 16.5. The van der Waals surface area contributed by atoms with E-state index in [9.17, 15) is 9.90 Å². The fourth-order valence-corrected chi connectivity index (χ4v) is 3.26. The molecule has 0 unspecified atom stereocenters. The summed E-state index contributed by atoms with van der Waals surface area (Å²) in [4.78, 5) is 18.3.